The van der Waals surface area contributed by atoms with Gasteiger partial charge in [0.2, 0.25) is 0 Å². The third kappa shape index (κ3) is 6.06. The van der Waals surface area contributed by atoms with Crippen LogP contribution in [0.1, 0.15) is 41.5 Å². The normalized spacial score (nSPS) is 39.8. The Morgan fingerprint density at radius 3 is 1.30 bits per heavy atom. The van der Waals surface area contributed by atoms with Crippen molar-refractivity contribution in [3.8, 4) is 0 Å². The van der Waals surface area contributed by atoms with Crippen LogP contribution in [0.3, 0.4) is 0 Å². The van der Waals surface area contributed by atoms with Gasteiger partial charge in [-0.1, -0.05) is 0 Å². The van der Waals surface area contributed by atoms with Crippen molar-refractivity contribution in [1.82, 2.24) is 0 Å². The van der Waals surface area contributed by atoms with Crippen LogP contribution in [0.4, 0.5) is 0 Å². The second kappa shape index (κ2) is 5.27. The molecule has 120 valence electrons. The molecule has 0 aromatic carbocycles. The Labute approximate surface area is 117 Å². The third-order valence-corrected chi connectivity index (χ3v) is 7.77. The van der Waals surface area contributed by atoms with E-state index in [-0.39, 0.29) is 0 Å². The fraction of sp³-hybridized carbons (Fsp3) is 1.00. The van der Waals surface area contributed by atoms with Gasteiger partial charge in [0.05, 0.1) is 11.2 Å². The van der Waals surface area contributed by atoms with Crippen molar-refractivity contribution in [2.24, 2.45) is 0 Å². The van der Waals surface area contributed by atoms with Crippen molar-refractivity contribution < 1.29 is 40.6 Å². The summed E-state index contributed by atoms with van der Waals surface area (Å²) in [5.74, 6) is 0. The zero-order chi connectivity index (χ0) is 16.0. The molecule has 1 fully saturated rings. The largest absolute Gasteiger partial charge is 0.493 e. The Bertz CT molecular complexity index is 472. The van der Waals surface area contributed by atoms with Crippen LogP contribution in [0.2, 0.25) is 0 Å². The standard InChI is InChI=1S/C8H19O9P3/c1-7(2,3)13-19(11)15-18(9,10)16-20(12,17-19)14-8(4,5)6/h1-6H3,(H,9,10). The van der Waals surface area contributed by atoms with Crippen molar-refractivity contribution in [2.75, 3.05) is 0 Å². The zero-order valence-corrected chi connectivity index (χ0v) is 14.7. The molecule has 12 heteroatoms. The van der Waals surface area contributed by atoms with Gasteiger partial charge in [-0.3, -0.25) is 9.05 Å². The lowest BCUT2D eigenvalue weighted by Crippen LogP contribution is -2.23. The van der Waals surface area contributed by atoms with Crippen LogP contribution in [-0.4, -0.2) is 16.1 Å². The van der Waals surface area contributed by atoms with E-state index in [0.717, 1.165) is 0 Å². The number of hydrogen-bond donors (Lipinski definition) is 1. The Kier molecular flexibility index (Phi) is 4.87. The molecule has 0 bridgehead atoms. The highest BCUT2D eigenvalue weighted by Gasteiger charge is 2.57. The quantitative estimate of drug-likeness (QED) is 0.736. The summed E-state index contributed by atoms with van der Waals surface area (Å²) in [7, 11) is -14.1. The van der Waals surface area contributed by atoms with Crippen LogP contribution in [0.25, 0.3) is 0 Å². The smallest absolute Gasteiger partial charge is 0.302 e. The molecule has 0 aromatic heterocycles. The molecule has 9 nitrogen and oxygen atoms in total. The molecule has 0 saturated carbocycles. The first-order valence-electron chi connectivity index (χ1n) is 5.62. The third-order valence-electron chi connectivity index (χ3n) is 1.38. The van der Waals surface area contributed by atoms with E-state index in [9.17, 15) is 18.6 Å². The Morgan fingerprint density at radius 2 is 1.05 bits per heavy atom. The maximum Gasteiger partial charge on any atom is 0.493 e. The van der Waals surface area contributed by atoms with E-state index in [1.165, 1.54) is 41.5 Å². The van der Waals surface area contributed by atoms with Gasteiger partial charge < -0.3 is 4.89 Å². The molecule has 1 rings (SSSR count). The van der Waals surface area contributed by atoms with E-state index in [4.69, 9.17) is 9.05 Å². The minimum Gasteiger partial charge on any atom is -0.302 e. The molecule has 20 heavy (non-hydrogen) atoms. The lowest BCUT2D eigenvalue weighted by atomic mass is 10.2. The Morgan fingerprint density at radius 1 is 0.750 bits per heavy atom. The van der Waals surface area contributed by atoms with E-state index < -0.39 is 34.7 Å². The lowest BCUT2D eigenvalue weighted by molar-refractivity contribution is 0.0383. The van der Waals surface area contributed by atoms with Gasteiger partial charge in [0.15, 0.2) is 0 Å². The van der Waals surface area contributed by atoms with Crippen molar-refractivity contribution in [3.05, 3.63) is 0 Å². The summed E-state index contributed by atoms with van der Waals surface area (Å²) in [6, 6.07) is 0. The Hall–Kier alpha value is 0.450. The van der Waals surface area contributed by atoms with Crippen LogP contribution in [0.5, 0.6) is 0 Å². The van der Waals surface area contributed by atoms with Crippen molar-refractivity contribution in [1.29, 1.82) is 0 Å². The molecule has 1 N–H and O–H groups in total. The monoisotopic (exact) mass is 352 g/mol. The molecule has 0 amide bonds. The molecule has 2 unspecified atom stereocenters. The lowest BCUT2D eigenvalue weighted by Gasteiger charge is -2.34. The van der Waals surface area contributed by atoms with Crippen LogP contribution < -0.4 is 0 Å². The van der Waals surface area contributed by atoms with Gasteiger partial charge >= 0.3 is 23.5 Å². The van der Waals surface area contributed by atoms with Gasteiger partial charge in [0.1, 0.15) is 0 Å². The molecule has 1 heterocycles. The summed E-state index contributed by atoms with van der Waals surface area (Å²) in [4.78, 5) is 9.37. The van der Waals surface area contributed by atoms with E-state index >= 15 is 0 Å². The van der Waals surface area contributed by atoms with E-state index in [1.54, 1.807) is 0 Å². The molecule has 1 aliphatic rings. The van der Waals surface area contributed by atoms with E-state index in [2.05, 4.69) is 12.9 Å². The molecular weight excluding hydrogens is 333 g/mol. The second-order valence-corrected chi connectivity index (χ2v) is 11.1. The molecule has 0 radical (unpaired) electrons. The average molecular weight is 352 g/mol. The van der Waals surface area contributed by atoms with Crippen molar-refractivity contribution in [3.63, 3.8) is 0 Å². The summed E-state index contributed by atoms with van der Waals surface area (Å²) in [5, 5.41) is 0. The van der Waals surface area contributed by atoms with Gasteiger partial charge in [-0.15, -0.1) is 0 Å². The number of hydrogen-bond acceptors (Lipinski definition) is 8. The van der Waals surface area contributed by atoms with E-state index in [0.29, 0.717) is 0 Å². The molecule has 1 saturated heterocycles. The van der Waals surface area contributed by atoms with Crippen LogP contribution in [-0.2, 0) is 35.7 Å². The minimum absolute atomic E-state index is 1.04. The van der Waals surface area contributed by atoms with Crippen molar-refractivity contribution in [2.45, 2.75) is 52.7 Å². The fourth-order valence-corrected chi connectivity index (χ4v) is 7.20. The van der Waals surface area contributed by atoms with Crippen LogP contribution >= 0.6 is 23.5 Å². The summed E-state index contributed by atoms with van der Waals surface area (Å²) >= 11 is 0. The molecule has 2 atom stereocenters. The average Bonchev–Trinajstić information content (AvgIpc) is 1.83. The molecule has 0 aromatic rings. The molecular formula is C8H19O9P3. The maximum absolute atomic E-state index is 12.2. The van der Waals surface area contributed by atoms with Crippen LogP contribution in [0.15, 0.2) is 0 Å². The minimum atomic E-state index is -4.90. The zero-order valence-electron chi connectivity index (χ0n) is 12.1. The Balaban J connectivity index is 3.11. The fourth-order valence-electron chi connectivity index (χ4n) is 1.16. The second-order valence-electron chi connectivity index (χ2n) is 6.02. The first-order chi connectivity index (χ1) is 8.54. The van der Waals surface area contributed by atoms with Gasteiger partial charge in [-0.25, -0.2) is 13.7 Å². The highest BCUT2D eigenvalue weighted by atomic mass is 31.3. The first kappa shape index (κ1) is 18.5. The molecule has 1 aliphatic heterocycles. The predicted octanol–water partition coefficient (Wildman–Crippen LogP) is 4.00. The topological polar surface area (TPSA) is 118 Å². The summed E-state index contributed by atoms with van der Waals surface area (Å²) in [6.07, 6.45) is 0. The SMILES string of the molecule is CC(C)(C)OP1(=O)OP(=O)(O)OP(=O)(OC(C)(C)C)O1. The highest BCUT2D eigenvalue weighted by molar-refractivity contribution is 7.75. The van der Waals surface area contributed by atoms with E-state index in [1.807, 2.05) is 0 Å². The summed E-state index contributed by atoms with van der Waals surface area (Å²) in [5.41, 5.74) is -2.08. The maximum atomic E-state index is 12.2. The van der Waals surface area contributed by atoms with Gasteiger partial charge in [0, 0.05) is 0 Å². The van der Waals surface area contributed by atoms with Crippen molar-refractivity contribution >= 4 is 23.5 Å². The number of phosphoric acid groups is 3. The summed E-state index contributed by atoms with van der Waals surface area (Å²) < 4.78 is 59.2. The predicted molar refractivity (Wildman–Crippen MR) is 70.0 cm³/mol. The van der Waals surface area contributed by atoms with Gasteiger partial charge in [-0.2, -0.15) is 12.9 Å². The number of rotatable bonds is 2. The van der Waals surface area contributed by atoms with Gasteiger partial charge in [-0.05, 0) is 41.5 Å². The highest BCUT2D eigenvalue weighted by Crippen LogP contribution is 2.82. The first-order valence-corrected chi connectivity index (χ1v) is 10.0. The molecule has 0 aliphatic carbocycles. The van der Waals surface area contributed by atoms with Crippen LogP contribution in [0, 0.1) is 0 Å². The van der Waals surface area contributed by atoms with Gasteiger partial charge in [0.25, 0.3) is 0 Å². The summed E-state index contributed by atoms with van der Waals surface area (Å²) in [6.45, 7) is 9.04. The molecule has 0 spiro atoms.